The predicted octanol–water partition coefficient (Wildman–Crippen LogP) is 3.36. The molecule has 1 heterocycles. The summed E-state index contributed by atoms with van der Waals surface area (Å²) in [4.78, 5) is 17.7. The number of benzene rings is 2. The highest BCUT2D eigenvalue weighted by atomic mass is 32.2. The molecule has 0 spiro atoms. The highest BCUT2D eigenvalue weighted by molar-refractivity contribution is 7.91. The summed E-state index contributed by atoms with van der Waals surface area (Å²) in [6.45, 7) is 5.91. The Kier molecular flexibility index (Phi) is 6.34. The Hall–Kier alpha value is -2.71. The van der Waals surface area contributed by atoms with E-state index in [-0.39, 0.29) is 23.0 Å². The first-order valence-electron chi connectivity index (χ1n) is 9.05. The zero-order chi connectivity index (χ0) is 21.0. The number of carbonyl (C=O) groups excluding carboxylic acids is 1. The van der Waals surface area contributed by atoms with E-state index in [1.165, 1.54) is 23.5 Å². The SMILES string of the molecule is C=CCn1c(=NC(=O)Cc2ccc(S(=O)(=O)CC)cc2)sc2cc(OC)ccc21. The number of ether oxygens (including phenoxy) is 1. The summed E-state index contributed by atoms with van der Waals surface area (Å²) >= 11 is 1.41. The summed E-state index contributed by atoms with van der Waals surface area (Å²) < 4.78 is 32.0. The number of hydrogen-bond donors (Lipinski definition) is 0. The summed E-state index contributed by atoms with van der Waals surface area (Å²) in [5.41, 5.74) is 1.67. The van der Waals surface area contributed by atoms with E-state index in [2.05, 4.69) is 11.6 Å². The van der Waals surface area contributed by atoms with E-state index in [1.54, 1.807) is 32.2 Å². The average Bonchev–Trinajstić information content (AvgIpc) is 3.04. The molecule has 1 amide bonds. The van der Waals surface area contributed by atoms with Crippen LogP contribution in [0.2, 0.25) is 0 Å². The third-order valence-electron chi connectivity index (χ3n) is 4.44. The molecule has 29 heavy (non-hydrogen) atoms. The zero-order valence-electron chi connectivity index (χ0n) is 16.3. The Morgan fingerprint density at radius 1 is 1.24 bits per heavy atom. The topological polar surface area (TPSA) is 77.7 Å². The molecule has 0 aliphatic heterocycles. The van der Waals surface area contributed by atoms with E-state index < -0.39 is 9.84 Å². The standard InChI is InChI=1S/C21H22N2O4S2/c1-4-12-23-18-11-8-16(27-3)14-19(18)28-21(23)22-20(24)13-15-6-9-17(10-7-15)29(25,26)5-2/h4,6-11,14H,1,5,12-13H2,2-3H3. The van der Waals surface area contributed by atoms with Crippen LogP contribution >= 0.6 is 11.3 Å². The van der Waals surface area contributed by atoms with Crippen LogP contribution < -0.4 is 9.54 Å². The lowest BCUT2D eigenvalue weighted by molar-refractivity contribution is -0.117. The van der Waals surface area contributed by atoms with Crippen molar-refractivity contribution in [2.75, 3.05) is 12.9 Å². The van der Waals surface area contributed by atoms with Gasteiger partial charge in [-0.3, -0.25) is 4.79 Å². The summed E-state index contributed by atoms with van der Waals surface area (Å²) in [6.07, 6.45) is 1.85. The largest absolute Gasteiger partial charge is 0.497 e. The second-order valence-electron chi connectivity index (χ2n) is 6.35. The lowest BCUT2D eigenvalue weighted by atomic mass is 10.1. The van der Waals surface area contributed by atoms with E-state index in [0.717, 1.165) is 16.0 Å². The van der Waals surface area contributed by atoms with Crippen molar-refractivity contribution in [3.05, 3.63) is 65.5 Å². The van der Waals surface area contributed by atoms with E-state index in [0.29, 0.717) is 16.9 Å². The van der Waals surface area contributed by atoms with Gasteiger partial charge in [0.25, 0.3) is 5.91 Å². The van der Waals surface area contributed by atoms with Gasteiger partial charge in [0.2, 0.25) is 0 Å². The molecule has 3 rings (SSSR count). The van der Waals surface area contributed by atoms with Crippen molar-refractivity contribution in [3.63, 3.8) is 0 Å². The number of carbonyl (C=O) groups is 1. The van der Waals surface area contributed by atoms with Crippen LogP contribution in [0, 0.1) is 0 Å². The molecule has 0 saturated heterocycles. The van der Waals surface area contributed by atoms with Gasteiger partial charge in [0.1, 0.15) is 5.75 Å². The van der Waals surface area contributed by atoms with Crippen LogP contribution in [0.3, 0.4) is 0 Å². The number of nitrogens with zero attached hydrogens (tertiary/aromatic N) is 2. The van der Waals surface area contributed by atoms with Crippen LogP contribution in [0.15, 0.2) is 65.0 Å². The fraction of sp³-hybridized carbons (Fsp3) is 0.238. The van der Waals surface area contributed by atoms with E-state index >= 15 is 0 Å². The van der Waals surface area contributed by atoms with Gasteiger partial charge in [-0.25, -0.2) is 8.42 Å². The molecule has 0 N–H and O–H groups in total. The van der Waals surface area contributed by atoms with Crippen LogP contribution in [0.1, 0.15) is 12.5 Å². The molecule has 0 aliphatic carbocycles. The molecular weight excluding hydrogens is 408 g/mol. The Bertz CT molecular complexity index is 1220. The second-order valence-corrected chi connectivity index (χ2v) is 9.63. The smallest absolute Gasteiger partial charge is 0.252 e. The number of thiazole rings is 1. The van der Waals surface area contributed by atoms with Crippen LogP contribution in [-0.2, 0) is 27.6 Å². The van der Waals surface area contributed by atoms with Gasteiger partial charge in [-0.1, -0.05) is 36.5 Å². The minimum absolute atomic E-state index is 0.0423. The highest BCUT2D eigenvalue weighted by Gasteiger charge is 2.12. The average molecular weight is 431 g/mol. The third-order valence-corrected chi connectivity index (χ3v) is 7.23. The van der Waals surface area contributed by atoms with Crippen molar-refractivity contribution < 1.29 is 17.9 Å². The Balaban J connectivity index is 1.91. The van der Waals surface area contributed by atoms with Crippen molar-refractivity contribution in [1.82, 2.24) is 4.57 Å². The molecule has 0 bridgehead atoms. The molecule has 6 nitrogen and oxygen atoms in total. The van der Waals surface area contributed by atoms with Crippen molar-refractivity contribution in [1.29, 1.82) is 0 Å². The van der Waals surface area contributed by atoms with E-state index in [4.69, 9.17) is 4.74 Å². The van der Waals surface area contributed by atoms with Crippen molar-refractivity contribution in [3.8, 4) is 5.75 Å². The summed E-state index contributed by atoms with van der Waals surface area (Å²) in [5.74, 6) is 0.484. The Labute approximate surface area is 173 Å². The minimum atomic E-state index is -3.25. The van der Waals surface area contributed by atoms with Gasteiger partial charge >= 0.3 is 0 Å². The molecule has 0 atom stereocenters. The lowest BCUT2D eigenvalue weighted by Gasteiger charge is -2.03. The van der Waals surface area contributed by atoms with Gasteiger partial charge in [0, 0.05) is 6.54 Å². The number of rotatable bonds is 7. The number of allylic oxidation sites excluding steroid dienone is 1. The quantitative estimate of drug-likeness (QED) is 0.539. The normalized spacial score (nSPS) is 12.3. The van der Waals surface area contributed by atoms with Crippen LogP contribution in [0.25, 0.3) is 10.2 Å². The van der Waals surface area contributed by atoms with Gasteiger partial charge in [-0.2, -0.15) is 4.99 Å². The molecular formula is C21H22N2O4S2. The number of amides is 1. The molecule has 152 valence electrons. The molecule has 3 aromatic rings. The van der Waals surface area contributed by atoms with Crippen LogP contribution in [-0.4, -0.2) is 31.8 Å². The number of methoxy groups -OCH3 is 1. The summed E-state index contributed by atoms with van der Waals surface area (Å²) in [7, 11) is -1.64. The Morgan fingerprint density at radius 3 is 2.59 bits per heavy atom. The number of aromatic nitrogens is 1. The molecule has 0 unspecified atom stereocenters. The number of hydrogen-bond acceptors (Lipinski definition) is 5. The zero-order valence-corrected chi connectivity index (χ0v) is 17.9. The first-order valence-corrected chi connectivity index (χ1v) is 11.5. The first kappa shape index (κ1) is 21.0. The van der Waals surface area contributed by atoms with Crippen LogP contribution in [0.5, 0.6) is 5.75 Å². The van der Waals surface area contributed by atoms with E-state index in [1.807, 2.05) is 22.8 Å². The number of fused-ring (bicyclic) bond motifs is 1. The van der Waals surface area contributed by atoms with Crippen LogP contribution in [0.4, 0.5) is 0 Å². The van der Waals surface area contributed by atoms with Crippen molar-refractivity contribution in [2.24, 2.45) is 4.99 Å². The van der Waals surface area contributed by atoms with Gasteiger partial charge in [-0.05, 0) is 35.9 Å². The number of sulfone groups is 1. The fourth-order valence-electron chi connectivity index (χ4n) is 2.87. The minimum Gasteiger partial charge on any atom is -0.497 e. The lowest BCUT2D eigenvalue weighted by Crippen LogP contribution is -2.17. The molecule has 8 heteroatoms. The van der Waals surface area contributed by atoms with E-state index in [9.17, 15) is 13.2 Å². The maximum atomic E-state index is 12.5. The molecule has 0 fully saturated rings. The maximum Gasteiger partial charge on any atom is 0.252 e. The first-order chi connectivity index (χ1) is 13.9. The monoisotopic (exact) mass is 430 g/mol. The fourth-order valence-corrected chi connectivity index (χ4v) is 4.84. The van der Waals surface area contributed by atoms with Crippen molar-refractivity contribution >= 4 is 37.3 Å². The molecule has 1 aromatic heterocycles. The molecule has 0 saturated carbocycles. The molecule has 0 radical (unpaired) electrons. The highest BCUT2D eigenvalue weighted by Crippen LogP contribution is 2.23. The summed E-state index contributed by atoms with van der Waals surface area (Å²) in [5, 5.41) is 0. The maximum absolute atomic E-state index is 12.5. The third kappa shape index (κ3) is 4.65. The molecule has 2 aromatic carbocycles. The summed E-state index contributed by atoms with van der Waals surface area (Å²) in [6, 6.07) is 12.1. The van der Waals surface area contributed by atoms with Gasteiger partial charge in [0.15, 0.2) is 14.6 Å². The van der Waals surface area contributed by atoms with Gasteiger partial charge in [0.05, 0.1) is 34.4 Å². The molecule has 0 aliphatic rings. The second kappa shape index (κ2) is 8.75. The van der Waals surface area contributed by atoms with Gasteiger partial charge in [-0.15, -0.1) is 6.58 Å². The Morgan fingerprint density at radius 2 is 1.97 bits per heavy atom. The van der Waals surface area contributed by atoms with Crippen molar-refractivity contribution in [2.45, 2.75) is 24.8 Å². The predicted molar refractivity (Wildman–Crippen MR) is 115 cm³/mol. The van der Waals surface area contributed by atoms with Gasteiger partial charge < -0.3 is 9.30 Å².